The van der Waals surface area contributed by atoms with E-state index < -0.39 is 0 Å². The van der Waals surface area contributed by atoms with Crippen molar-refractivity contribution in [3.63, 3.8) is 0 Å². The molecule has 0 bridgehead atoms. The molecule has 0 saturated carbocycles. The predicted molar refractivity (Wildman–Crippen MR) is 131 cm³/mol. The smallest absolute Gasteiger partial charge is 0.269 e. The van der Waals surface area contributed by atoms with Crippen LogP contribution in [0.5, 0.6) is 0 Å². The number of nitro groups is 1. The summed E-state index contributed by atoms with van der Waals surface area (Å²) in [5.74, 6) is 1.81. The summed E-state index contributed by atoms with van der Waals surface area (Å²) in [7, 11) is 0. The molecule has 33 heavy (non-hydrogen) atoms. The van der Waals surface area contributed by atoms with Crippen LogP contribution in [0.4, 0.5) is 5.69 Å². The van der Waals surface area contributed by atoms with Crippen molar-refractivity contribution in [1.29, 1.82) is 0 Å². The minimum Gasteiger partial charge on any atom is -0.460 e. The van der Waals surface area contributed by atoms with E-state index in [0.29, 0.717) is 5.02 Å². The van der Waals surface area contributed by atoms with E-state index >= 15 is 0 Å². The van der Waals surface area contributed by atoms with E-state index in [1.807, 2.05) is 12.1 Å². The van der Waals surface area contributed by atoms with Gasteiger partial charge >= 0.3 is 0 Å². The molecule has 1 aromatic heterocycles. The largest absolute Gasteiger partial charge is 0.460 e. The SMILES string of the molecule is Cc1ccc(C(c2ccc(Cl)cc2)c2c(-c3ccc([N+](=O)[O-])cc3)oc3c2CCCC3)cc1. The summed E-state index contributed by atoms with van der Waals surface area (Å²) >= 11 is 6.22. The minimum absolute atomic E-state index is 0.0290. The third-order valence-corrected chi connectivity index (χ3v) is 6.71. The second kappa shape index (κ2) is 8.87. The number of benzene rings is 3. The van der Waals surface area contributed by atoms with Crippen LogP contribution in [-0.2, 0) is 12.8 Å². The topological polar surface area (TPSA) is 56.3 Å². The average Bonchev–Trinajstić information content (AvgIpc) is 3.21. The van der Waals surface area contributed by atoms with Gasteiger partial charge in [-0.1, -0.05) is 53.6 Å². The molecule has 3 aromatic carbocycles. The molecule has 1 unspecified atom stereocenters. The number of furan rings is 1. The van der Waals surface area contributed by atoms with Crippen LogP contribution in [0.15, 0.2) is 77.2 Å². The van der Waals surface area contributed by atoms with Gasteiger partial charge in [-0.2, -0.15) is 0 Å². The lowest BCUT2D eigenvalue weighted by Crippen LogP contribution is -2.09. The quantitative estimate of drug-likeness (QED) is 0.226. The zero-order valence-corrected chi connectivity index (χ0v) is 19.1. The Morgan fingerprint density at radius 3 is 2.12 bits per heavy atom. The molecule has 4 aromatic rings. The number of aryl methyl sites for hydroxylation is 2. The first-order chi connectivity index (χ1) is 16.0. The fraction of sp³-hybridized carbons (Fsp3) is 0.214. The molecule has 0 radical (unpaired) electrons. The number of non-ortho nitro benzene ring substituents is 1. The summed E-state index contributed by atoms with van der Waals surface area (Å²) in [5.41, 5.74) is 6.89. The summed E-state index contributed by atoms with van der Waals surface area (Å²) in [4.78, 5) is 10.8. The molecule has 1 aliphatic rings. The molecular formula is C28H24ClNO3. The molecule has 1 atom stereocenters. The van der Waals surface area contributed by atoms with E-state index in [1.54, 1.807) is 24.3 Å². The van der Waals surface area contributed by atoms with Crippen molar-refractivity contribution in [2.75, 3.05) is 0 Å². The molecule has 5 rings (SSSR count). The van der Waals surface area contributed by atoms with Crippen molar-refractivity contribution < 1.29 is 9.34 Å². The Hall–Kier alpha value is -3.37. The van der Waals surface area contributed by atoms with Crippen LogP contribution >= 0.6 is 11.6 Å². The summed E-state index contributed by atoms with van der Waals surface area (Å²) in [6, 6.07) is 23.3. The van der Waals surface area contributed by atoms with Gasteiger partial charge in [0.25, 0.3) is 5.69 Å². The molecule has 5 heteroatoms. The molecule has 0 fully saturated rings. The summed E-state index contributed by atoms with van der Waals surface area (Å²) in [6.45, 7) is 2.09. The lowest BCUT2D eigenvalue weighted by molar-refractivity contribution is -0.384. The van der Waals surface area contributed by atoms with Gasteiger partial charge < -0.3 is 4.42 Å². The van der Waals surface area contributed by atoms with Crippen LogP contribution in [0.25, 0.3) is 11.3 Å². The van der Waals surface area contributed by atoms with Crippen LogP contribution in [-0.4, -0.2) is 4.92 Å². The Morgan fingerprint density at radius 1 is 0.879 bits per heavy atom. The van der Waals surface area contributed by atoms with E-state index in [9.17, 15) is 10.1 Å². The summed E-state index contributed by atoms with van der Waals surface area (Å²) in [6.07, 6.45) is 4.11. The van der Waals surface area contributed by atoms with Gasteiger partial charge in [-0.15, -0.1) is 0 Å². The maximum Gasteiger partial charge on any atom is 0.269 e. The Morgan fingerprint density at radius 2 is 1.48 bits per heavy atom. The number of nitro benzene ring substituents is 1. The van der Waals surface area contributed by atoms with Gasteiger partial charge in [-0.3, -0.25) is 10.1 Å². The number of nitrogens with zero attached hydrogens (tertiary/aromatic N) is 1. The first-order valence-electron chi connectivity index (χ1n) is 11.2. The maximum absolute atomic E-state index is 11.2. The Kier molecular flexibility index (Phi) is 5.77. The summed E-state index contributed by atoms with van der Waals surface area (Å²) in [5, 5.41) is 11.9. The molecule has 0 amide bonds. The highest BCUT2D eigenvalue weighted by Gasteiger charge is 2.31. The lowest BCUT2D eigenvalue weighted by Gasteiger charge is -2.22. The molecule has 4 nitrogen and oxygen atoms in total. The normalized spacial score (nSPS) is 14.0. The summed E-state index contributed by atoms with van der Waals surface area (Å²) < 4.78 is 6.50. The van der Waals surface area contributed by atoms with Crippen LogP contribution < -0.4 is 0 Å². The first-order valence-corrected chi connectivity index (χ1v) is 11.6. The van der Waals surface area contributed by atoms with Gasteiger partial charge in [-0.25, -0.2) is 0 Å². The molecular weight excluding hydrogens is 434 g/mol. The fourth-order valence-corrected chi connectivity index (χ4v) is 4.91. The predicted octanol–water partition coefficient (Wildman–Crippen LogP) is 7.88. The highest BCUT2D eigenvalue weighted by molar-refractivity contribution is 6.30. The number of hydrogen-bond acceptors (Lipinski definition) is 3. The molecule has 1 heterocycles. The van der Waals surface area contributed by atoms with Gasteiger partial charge in [0.1, 0.15) is 11.5 Å². The van der Waals surface area contributed by atoms with Crippen LogP contribution in [0.1, 0.15) is 52.3 Å². The lowest BCUT2D eigenvalue weighted by atomic mass is 9.79. The van der Waals surface area contributed by atoms with Crippen molar-refractivity contribution in [3.8, 4) is 11.3 Å². The van der Waals surface area contributed by atoms with Crippen LogP contribution in [0.3, 0.4) is 0 Å². The Balaban J connectivity index is 1.74. The van der Waals surface area contributed by atoms with Gasteiger partial charge in [0.05, 0.1) is 4.92 Å². The standard InChI is InChI=1S/C28H24ClNO3/c1-18-6-8-19(9-7-18)26(20-10-14-22(29)15-11-20)27-24-4-2-3-5-25(24)33-28(27)21-12-16-23(17-13-21)30(31)32/h6-17,26H,2-5H2,1H3. The maximum atomic E-state index is 11.2. The second-order valence-electron chi connectivity index (χ2n) is 8.65. The van der Waals surface area contributed by atoms with Crippen molar-refractivity contribution in [2.45, 2.75) is 38.5 Å². The Bertz CT molecular complexity index is 1240. The fourth-order valence-electron chi connectivity index (χ4n) is 4.78. The van der Waals surface area contributed by atoms with E-state index in [2.05, 4.69) is 43.3 Å². The highest BCUT2D eigenvalue weighted by atomic mass is 35.5. The number of hydrogen-bond donors (Lipinski definition) is 0. The van der Waals surface area contributed by atoms with Crippen molar-refractivity contribution in [3.05, 3.63) is 122 Å². The molecule has 166 valence electrons. The number of rotatable bonds is 5. The molecule has 0 spiro atoms. The van der Waals surface area contributed by atoms with E-state index in [1.165, 1.54) is 16.7 Å². The van der Waals surface area contributed by atoms with E-state index in [-0.39, 0.29) is 16.5 Å². The first kappa shape index (κ1) is 21.5. The third kappa shape index (κ3) is 4.19. The van der Waals surface area contributed by atoms with Gasteiger partial charge in [0, 0.05) is 40.6 Å². The van der Waals surface area contributed by atoms with E-state index in [4.69, 9.17) is 16.0 Å². The van der Waals surface area contributed by atoms with Gasteiger partial charge in [0.15, 0.2) is 0 Å². The monoisotopic (exact) mass is 457 g/mol. The van der Waals surface area contributed by atoms with Crippen molar-refractivity contribution in [2.24, 2.45) is 0 Å². The highest BCUT2D eigenvalue weighted by Crippen LogP contribution is 2.45. The number of halogens is 1. The van der Waals surface area contributed by atoms with E-state index in [0.717, 1.165) is 53.9 Å². The van der Waals surface area contributed by atoms with Crippen LogP contribution in [0.2, 0.25) is 5.02 Å². The molecule has 0 aliphatic heterocycles. The van der Waals surface area contributed by atoms with Gasteiger partial charge in [0.2, 0.25) is 0 Å². The Labute approximate surface area is 198 Å². The number of fused-ring (bicyclic) bond motifs is 1. The zero-order valence-electron chi connectivity index (χ0n) is 18.4. The molecule has 1 aliphatic carbocycles. The average molecular weight is 458 g/mol. The third-order valence-electron chi connectivity index (χ3n) is 6.46. The molecule has 0 saturated heterocycles. The van der Waals surface area contributed by atoms with Crippen molar-refractivity contribution in [1.82, 2.24) is 0 Å². The van der Waals surface area contributed by atoms with Gasteiger partial charge in [-0.05, 0) is 67.1 Å². The molecule has 0 N–H and O–H groups in total. The van der Waals surface area contributed by atoms with Crippen LogP contribution in [0, 0.1) is 17.0 Å². The van der Waals surface area contributed by atoms with Crippen molar-refractivity contribution >= 4 is 17.3 Å². The minimum atomic E-state index is -0.374. The zero-order chi connectivity index (χ0) is 22.9. The second-order valence-corrected chi connectivity index (χ2v) is 9.09.